The van der Waals surface area contributed by atoms with Crippen molar-refractivity contribution in [2.75, 3.05) is 19.6 Å². The summed E-state index contributed by atoms with van der Waals surface area (Å²) >= 11 is 0. The highest BCUT2D eigenvalue weighted by atomic mass is 19.4. The SMILES string of the molecule is CCCN(C(=O)C(C)Cc1cccc(C(F)(F)F)c1)C1CCNC1. The highest BCUT2D eigenvalue weighted by molar-refractivity contribution is 5.79. The molecule has 1 N–H and O–H groups in total. The molecule has 1 aliphatic rings. The highest BCUT2D eigenvalue weighted by Crippen LogP contribution is 2.30. The quantitative estimate of drug-likeness (QED) is 0.858. The summed E-state index contributed by atoms with van der Waals surface area (Å²) in [6.07, 6.45) is -2.23. The van der Waals surface area contributed by atoms with Crippen molar-refractivity contribution in [3.05, 3.63) is 35.4 Å². The van der Waals surface area contributed by atoms with Gasteiger partial charge in [0.05, 0.1) is 5.56 Å². The van der Waals surface area contributed by atoms with Crippen LogP contribution in [0.4, 0.5) is 13.2 Å². The zero-order chi connectivity index (χ0) is 17.7. The minimum atomic E-state index is -4.35. The van der Waals surface area contributed by atoms with E-state index < -0.39 is 11.7 Å². The van der Waals surface area contributed by atoms with Crippen molar-refractivity contribution in [1.82, 2.24) is 10.2 Å². The van der Waals surface area contributed by atoms with Crippen LogP contribution in [-0.4, -0.2) is 36.5 Å². The van der Waals surface area contributed by atoms with E-state index in [1.165, 1.54) is 6.07 Å². The minimum absolute atomic E-state index is 0.0305. The first-order valence-electron chi connectivity index (χ1n) is 8.50. The van der Waals surface area contributed by atoms with Crippen molar-refractivity contribution in [3.63, 3.8) is 0 Å². The number of carbonyl (C=O) groups excluding carboxylic acids is 1. The van der Waals surface area contributed by atoms with Crippen molar-refractivity contribution in [2.45, 2.75) is 45.3 Å². The van der Waals surface area contributed by atoms with Gasteiger partial charge in [-0.15, -0.1) is 0 Å². The maximum atomic E-state index is 12.8. The Kier molecular flexibility index (Phi) is 6.27. The largest absolute Gasteiger partial charge is 0.416 e. The monoisotopic (exact) mass is 342 g/mol. The van der Waals surface area contributed by atoms with Crippen molar-refractivity contribution in [3.8, 4) is 0 Å². The van der Waals surface area contributed by atoms with E-state index in [-0.39, 0.29) is 17.9 Å². The number of amides is 1. The molecule has 1 amide bonds. The molecule has 0 spiro atoms. The van der Waals surface area contributed by atoms with Gasteiger partial charge in [-0.3, -0.25) is 4.79 Å². The van der Waals surface area contributed by atoms with E-state index in [1.54, 1.807) is 13.0 Å². The normalized spacial score (nSPS) is 19.3. The molecule has 1 aliphatic heterocycles. The van der Waals surface area contributed by atoms with E-state index in [9.17, 15) is 18.0 Å². The van der Waals surface area contributed by atoms with Gasteiger partial charge in [-0.2, -0.15) is 13.2 Å². The Hall–Kier alpha value is -1.56. The Morgan fingerprint density at radius 1 is 1.42 bits per heavy atom. The molecular weight excluding hydrogens is 317 g/mol. The molecular formula is C18H25F3N2O. The molecule has 0 bridgehead atoms. The van der Waals surface area contributed by atoms with Gasteiger partial charge in [0.25, 0.3) is 0 Å². The van der Waals surface area contributed by atoms with E-state index in [0.717, 1.165) is 38.1 Å². The van der Waals surface area contributed by atoms with Gasteiger partial charge in [-0.25, -0.2) is 0 Å². The third kappa shape index (κ3) is 4.72. The zero-order valence-electron chi connectivity index (χ0n) is 14.2. The van der Waals surface area contributed by atoms with Crippen LogP contribution in [0.3, 0.4) is 0 Å². The highest BCUT2D eigenvalue weighted by Gasteiger charge is 2.31. The Morgan fingerprint density at radius 3 is 2.75 bits per heavy atom. The molecule has 1 aromatic rings. The fourth-order valence-electron chi connectivity index (χ4n) is 3.22. The molecule has 24 heavy (non-hydrogen) atoms. The molecule has 6 heteroatoms. The summed E-state index contributed by atoms with van der Waals surface area (Å²) < 4.78 is 38.4. The van der Waals surface area contributed by atoms with Crippen molar-refractivity contribution >= 4 is 5.91 Å². The van der Waals surface area contributed by atoms with Crippen LogP contribution in [0.25, 0.3) is 0 Å². The molecule has 0 radical (unpaired) electrons. The molecule has 0 aromatic heterocycles. The van der Waals surface area contributed by atoms with Gasteiger partial charge in [0.15, 0.2) is 0 Å². The lowest BCUT2D eigenvalue weighted by molar-refractivity contribution is -0.137. The predicted octanol–water partition coefficient (Wildman–Crippen LogP) is 3.48. The number of hydrogen-bond acceptors (Lipinski definition) is 2. The molecule has 1 fully saturated rings. The number of nitrogens with one attached hydrogen (secondary N) is 1. The summed E-state index contributed by atoms with van der Waals surface area (Å²) in [7, 11) is 0. The lowest BCUT2D eigenvalue weighted by Gasteiger charge is -2.31. The summed E-state index contributed by atoms with van der Waals surface area (Å²) in [6, 6.07) is 5.45. The van der Waals surface area contributed by atoms with E-state index in [1.807, 2.05) is 11.8 Å². The van der Waals surface area contributed by atoms with Gasteiger partial charge in [0.1, 0.15) is 0 Å². The summed E-state index contributed by atoms with van der Waals surface area (Å²) in [4.78, 5) is 14.7. The van der Waals surface area contributed by atoms with Gasteiger partial charge in [-0.1, -0.05) is 32.0 Å². The lowest BCUT2D eigenvalue weighted by atomic mass is 9.97. The Labute approximate surface area is 141 Å². The van der Waals surface area contributed by atoms with Crippen LogP contribution in [0.15, 0.2) is 24.3 Å². The number of hydrogen-bond donors (Lipinski definition) is 1. The lowest BCUT2D eigenvalue weighted by Crippen LogP contribution is -2.45. The van der Waals surface area contributed by atoms with Crippen molar-refractivity contribution < 1.29 is 18.0 Å². The Morgan fingerprint density at radius 2 is 2.17 bits per heavy atom. The average Bonchev–Trinajstić information content (AvgIpc) is 3.05. The van der Waals surface area contributed by atoms with Crippen LogP contribution in [-0.2, 0) is 17.4 Å². The first-order chi connectivity index (χ1) is 11.3. The number of rotatable bonds is 6. The Balaban J connectivity index is 2.07. The molecule has 0 aliphatic carbocycles. The summed E-state index contributed by atoms with van der Waals surface area (Å²) in [5, 5.41) is 3.26. The number of alkyl halides is 3. The van der Waals surface area contributed by atoms with E-state index >= 15 is 0 Å². The van der Waals surface area contributed by atoms with Gasteiger partial charge in [0, 0.05) is 25.0 Å². The fraction of sp³-hybridized carbons (Fsp3) is 0.611. The summed E-state index contributed by atoms with van der Waals surface area (Å²) in [5.41, 5.74) is -0.114. The van der Waals surface area contributed by atoms with Gasteiger partial charge < -0.3 is 10.2 Å². The number of halogens is 3. The minimum Gasteiger partial charge on any atom is -0.338 e. The van der Waals surface area contributed by atoms with Crippen molar-refractivity contribution in [2.24, 2.45) is 5.92 Å². The summed E-state index contributed by atoms with van der Waals surface area (Å²) in [5.74, 6) is -0.302. The third-order valence-electron chi connectivity index (χ3n) is 4.44. The van der Waals surface area contributed by atoms with Gasteiger partial charge >= 0.3 is 6.18 Å². The molecule has 2 atom stereocenters. The second kappa shape index (κ2) is 8.01. The van der Waals surface area contributed by atoms with Gasteiger partial charge in [0.2, 0.25) is 5.91 Å². The standard InChI is InChI=1S/C18H25F3N2O/c1-3-9-23(16-7-8-22-12-16)17(24)13(2)10-14-5-4-6-15(11-14)18(19,20)21/h4-6,11,13,16,22H,3,7-10,12H2,1-2H3. The Bertz CT molecular complexity index is 553. The topological polar surface area (TPSA) is 32.3 Å². The molecule has 3 nitrogen and oxygen atoms in total. The molecule has 1 heterocycles. The third-order valence-corrected chi connectivity index (χ3v) is 4.44. The van der Waals surface area contributed by atoms with Crippen LogP contribution in [0.5, 0.6) is 0 Å². The summed E-state index contributed by atoms with van der Waals surface area (Å²) in [6.45, 7) is 6.22. The molecule has 134 valence electrons. The first-order valence-corrected chi connectivity index (χ1v) is 8.50. The van der Waals surface area contributed by atoms with Crippen molar-refractivity contribution in [1.29, 1.82) is 0 Å². The van der Waals surface area contributed by atoms with Crippen LogP contribution in [0.1, 0.15) is 37.8 Å². The molecule has 1 saturated heterocycles. The van der Waals surface area contributed by atoms with E-state index in [2.05, 4.69) is 5.32 Å². The predicted molar refractivity (Wildman–Crippen MR) is 87.6 cm³/mol. The fourth-order valence-corrected chi connectivity index (χ4v) is 3.22. The van der Waals surface area contributed by atoms with E-state index in [0.29, 0.717) is 18.5 Å². The number of carbonyl (C=O) groups is 1. The number of benzene rings is 1. The smallest absolute Gasteiger partial charge is 0.338 e. The maximum Gasteiger partial charge on any atom is 0.416 e. The second-order valence-corrected chi connectivity index (χ2v) is 6.48. The maximum absolute atomic E-state index is 12.8. The first kappa shape index (κ1) is 18.8. The van der Waals surface area contributed by atoms with Crippen LogP contribution in [0.2, 0.25) is 0 Å². The average molecular weight is 342 g/mol. The second-order valence-electron chi connectivity index (χ2n) is 6.48. The molecule has 2 rings (SSSR count). The molecule has 1 aromatic carbocycles. The number of nitrogens with zero attached hydrogens (tertiary/aromatic N) is 1. The van der Waals surface area contributed by atoms with Crippen LogP contribution < -0.4 is 5.32 Å². The molecule has 0 saturated carbocycles. The molecule has 2 unspecified atom stereocenters. The van der Waals surface area contributed by atoms with Crippen LogP contribution >= 0.6 is 0 Å². The van der Waals surface area contributed by atoms with Crippen LogP contribution in [0, 0.1) is 5.92 Å². The van der Waals surface area contributed by atoms with E-state index in [4.69, 9.17) is 0 Å². The van der Waals surface area contributed by atoms with Gasteiger partial charge in [-0.05, 0) is 37.4 Å². The zero-order valence-corrected chi connectivity index (χ0v) is 14.2.